The van der Waals surface area contributed by atoms with Crippen LogP contribution < -0.4 is 5.32 Å². The third kappa shape index (κ3) is 2.90. The zero-order valence-electron chi connectivity index (χ0n) is 9.78. The molecule has 0 saturated carbocycles. The van der Waals surface area contributed by atoms with Gasteiger partial charge in [-0.05, 0) is 25.6 Å². The lowest BCUT2D eigenvalue weighted by molar-refractivity contribution is -0.132. The van der Waals surface area contributed by atoms with Crippen LogP contribution in [0.3, 0.4) is 0 Å². The largest absolute Gasteiger partial charge is 0.377 e. The van der Waals surface area contributed by atoms with Crippen molar-refractivity contribution in [3.63, 3.8) is 0 Å². The number of thioether (sulfide) groups is 1. The van der Waals surface area contributed by atoms with Crippen molar-refractivity contribution in [2.75, 3.05) is 39.1 Å². The summed E-state index contributed by atoms with van der Waals surface area (Å²) < 4.78 is 5.43. The first kappa shape index (κ1) is 12.2. The highest BCUT2D eigenvalue weighted by Gasteiger charge is 2.28. The molecule has 1 amide bonds. The van der Waals surface area contributed by atoms with Gasteiger partial charge in [-0.3, -0.25) is 4.79 Å². The molecule has 2 heterocycles. The van der Waals surface area contributed by atoms with E-state index < -0.39 is 0 Å². The van der Waals surface area contributed by atoms with Gasteiger partial charge in [0.2, 0.25) is 5.91 Å². The Morgan fingerprint density at radius 2 is 2.50 bits per heavy atom. The molecule has 0 aromatic heterocycles. The van der Waals surface area contributed by atoms with Crippen molar-refractivity contribution >= 4 is 17.7 Å². The van der Waals surface area contributed by atoms with Gasteiger partial charge in [0.25, 0.3) is 0 Å². The molecule has 5 heteroatoms. The molecule has 0 aromatic carbocycles. The van der Waals surface area contributed by atoms with Gasteiger partial charge in [-0.25, -0.2) is 0 Å². The van der Waals surface area contributed by atoms with Crippen LogP contribution in [0, 0.1) is 0 Å². The van der Waals surface area contributed by atoms with Crippen molar-refractivity contribution in [3.05, 3.63) is 0 Å². The Bertz CT molecular complexity index is 244. The Morgan fingerprint density at radius 1 is 1.62 bits per heavy atom. The fourth-order valence-electron chi connectivity index (χ4n) is 2.20. The lowest BCUT2D eigenvalue weighted by atomic mass is 10.2. The molecular weight excluding hydrogens is 224 g/mol. The Balaban J connectivity index is 1.92. The fourth-order valence-corrected chi connectivity index (χ4v) is 3.49. The number of nitrogens with zero attached hydrogens (tertiary/aromatic N) is 1. The quantitative estimate of drug-likeness (QED) is 0.777. The van der Waals surface area contributed by atoms with Crippen molar-refractivity contribution < 1.29 is 9.53 Å². The van der Waals surface area contributed by atoms with E-state index in [2.05, 4.69) is 5.32 Å². The number of carbonyl (C=O) groups is 1. The maximum atomic E-state index is 12.1. The van der Waals surface area contributed by atoms with Gasteiger partial charge in [0.1, 0.15) is 6.04 Å². The molecule has 0 spiro atoms. The Labute approximate surface area is 101 Å². The van der Waals surface area contributed by atoms with Gasteiger partial charge in [0, 0.05) is 18.3 Å². The van der Waals surface area contributed by atoms with Gasteiger partial charge in [0.15, 0.2) is 0 Å². The number of likely N-dealkylation sites (N-methyl/N-ethyl adjacent to an activating group) is 1. The summed E-state index contributed by atoms with van der Waals surface area (Å²) in [4.78, 5) is 14.1. The monoisotopic (exact) mass is 244 g/mol. The summed E-state index contributed by atoms with van der Waals surface area (Å²) in [5.41, 5.74) is 0. The summed E-state index contributed by atoms with van der Waals surface area (Å²) in [5, 5.41) is 3.66. The standard InChI is InChI=1S/C11H20N2O2S/c1-12-10-8-15-5-4-13(11(10)14)7-9-3-2-6-16-9/h9-10,12H,2-8H2,1H3. The molecule has 2 aliphatic rings. The fraction of sp³-hybridized carbons (Fsp3) is 0.909. The molecule has 2 aliphatic heterocycles. The molecule has 0 aromatic rings. The lowest BCUT2D eigenvalue weighted by Gasteiger charge is -2.25. The zero-order valence-corrected chi connectivity index (χ0v) is 10.6. The van der Waals surface area contributed by atoms with Crippen LogP contribution in [-0.4, -0.2) is 61.2 Å². The van der Waals surface area contributed by atoms with Gasteiger partial charge in [-0.15, -0.1) is 0 Å². The van der Waals surface area contributed by atoms with Gasteiger partial charge in [-0.2, -0.15) is 11.8 Å². The van der Waals surface area contributed by atoms with Crippen LogP contribution in [0.4, 0.5) is 0 Å². The number of ether oxygens (including phenoxy) is 1. The van der Waals surface area contributed by atoms with Crippen molar-refractivity contribution in [1.29, 1.82) is 0 Å². The number of carbonyl (C=O) groups excluding carboxylic acids is 1. The molecule has 1 N–H and O–H groups in total. The minimum Gasteiger partial charge on any atom is -0.377 e. The van der Waals surface area contributed by atoms with Gasteiger partial charge in [0.05, 0.1) is 13.2 Å². The average Bonchev–Trinajstić information content (AvgIpc) is 2.73. The van der Waals surface area contributed by atoms with Crippen LogP contribution in [0.25, 0.3) is 0 Å². The molecule has 4 nitrogen and oxygen atoms in total. The predicted molar refractivity (Wildman–Crippen MR) is 65.7 cm³/mol. The summed E-state index contributed by atoms with van der Waals surface area (Å²) in [7, 11) is 1.82. The zero-order chi connectivity index (χ0) is 11.4. The lowest BCUT2D eigenvalue weighted by Crippen LogP contribution is -2.47. The summed E-state index contributed by atoms with van der Waals surface area (Å²) in [6.45, 7) is 2.81. The van der Waals surface area contributed by atoms with Crippen LogP contribution in [0.2, 0.25) is 0 Å². The van der Waals surface area contributed by atoms with Gasteiger partial charge >= 0.3 is 0 Å². The number of hydrogen-bond donors (Lipinski definition) is 1. The maximum Gasteiger partial charge on any atom is 0.242 e. The first-order valence-corrected chi connectivity index (χ1v) is 7.01. The van der Waals surface area contributed by atoms with Crippen molar-refractivity contribution in [2.24, 2.45) is 0 Å². The van der Waals surface area contributed by atoms with E-state index in [1.54, 1.807) is 0 Å². The molecule has 2 atom stereocenters. The molecule has 92 valence electrons. The first-order valence-electron chi connectivity index (χ1n) is 5.96. The topological polar surface area (TPSA) is 41.6 Å². The molecule has 2 rings (SSSR count). The highest BCUT2D eigenvalue weighted by molar-refractivity contribution is 8.00. The summed E-state index contributed by atoms with van der Waals surface area (Å²) in [6.07, 6.45) is 2.54. The Morgan fingerprint density at radius 3 is 3.19 bits per heavy atom. The van der Waals surface area contributed by atoms with Crippen LogP contribution in [0.5, 0.6) is 0 Å². The van der Waals surface area contributed by atoms with E-state index in [1.807, 2.05) is 23.7 Å². The molecule has 0 aliphatic carbocycles. The summed E-state index contributed by atoms with van der Waals surface area (Å²) >= 11 is 2.00. The minimum absolute atomic E-state index is 0.158. The number of hydrogen-bond acceptors (Lipinski definition) is 4. The van der Waals surface area contributed by atoms with Crippen LogP contribution >= 0.6 is 11.8 Å². The second kappa shape index (κ2) is 5.89. The Kier molecular flexibility index (Phi) is 4.49. The average molecular weight is 244 g/mol. The number of amides is 1. The van der Waals surface area contributed by atoms with E-state index in [9.17, 15) is 4.79 Å². The normalized spacial score (nSPS) is 31.8. The first-order chi connectivity index (χ1) is 7.81. The molecule has 2 saturated heterocycles. The van der Waals surface area contributed by atoms with Gasteiger partial charge in [-0.1, -0.05) is 0 Å². The van der Waals surface area contributed by atoms with E-state index in [1.165, 1.54) is 18.6 Å². The van der Waals surface area contributed by atoms with Crippen LogP contribution in [-0.2, 0) is 9.53 Å². The van der Waals surface area contributed by atoms with Crippen molar-refractivity contribution in [3.8, 4) is 0 Å². The summed E-state index contributed by atoms with van der Waals surface area (Å²) in [6, 6.07) is -0.158. The van der Waals surface area contributed by atoms with E-state index in [4.69, 9.17) is 4.74 Å². The second-order valence-electron chi connectivity index (χ2n) is 4.34. The SMILES string of the molecule is CNC1COCCN(CC2CCCS2)C1=O. The predicted octanol–water partition coefficient (Wildman–Crippen LogP) is 0.329. The maximum absolute atomic E-state index is 12.1. The summed E-state index contributed by atoms with van der Waals surface area (Å²) in [5.74, 6) is 1.45. The minimum atomic E-state index is -0.158. The van der Waals surface area contributed by atoms with Gasteiger partial charge < -0.3 is 15.0 Å². The van der Waals surface area contributed by atoms with E-state index in [0.29, 0.717) is 18.5 Å². The highest BCUT2D eigenvalue weighted by atomic mass is 32.2. The van der Waals surface area contributed by atoms with Crippen molar-refractivity contribution in [2.45, 2.75) is 24.1 Å². The third-order valence-electron chi connectivity index (χ3n) is 3.20. The third-order valence-corrected chi connectivity index (χ3v) is 4.58. The molecule has 16 heavy (non-hydrogen) atoms. The molecular formula is C11H20N2O2S. The molecule has 2 unspecified atom stereocenters. The van der Waals surface area contributed by atoms with E-state index in [0.717, 1.165) is 13.1 Å². The molecule has 0 radical (unpaired) electrons. The van der Waals surface area contributed by atoms with E-state index in [-0.39, 0.29) is 11.9 Å². The smallest absolute Gasteiger partial charge is 0.242 e. The Hall–Kier alpha value is -0.260. The van der Waals surface area contributed by atoms with Crippen molar-refractivity contribution in [1.82, 2.24) is 10.2 Å². The van der Waals surface area contributed by atoms with E-state index >= 15 is 0 Å². The van der Waals surface area contributed by atoms with Crippen LogP contribution in [0.1, 0.15) is 12.8 Å². The highest BCUT2D eigenvalue weighted by Crippen LogP contribution is 2.27. The number of nitrogens with one attached hydrogen (secondary N) is 1. The second-order valence-corrected chi connectivity index (χ2v) is 5.74. The molecule has 0 bridgehead atoms. The molecule has 2 fully saturated rings. The number of rotatable bonds is 3. The van der Waals surface area contributed by atoms with Crippen LogP contribution in [0.15, 0.2) is 0 Å².